The number of unbranched alkanes of at least 4 members (excludes halogenated alkanes) is 1. The van der Waals surface area contributed by atoms with Crippen LogP contribution in [-0.2, 0) is 22.6 Å². The third kappa shape index (κ3) is 6.52. The number of benzene rings is 3. The molecule has 1 aliphatic rings. The third-order valence-electron chi connectivity index (χ3n) is 6.42. The lowest BCUT2D eigenvalue weighted by Gasteiger charge is -2.44. The second-order valence-corrected chi connectivity index (χ2v) is 10.1. The van der Waals surface area contributed by atoms with Crippen LogP contribution in [0.25, 0.3) is 0 Å². The molecule has 0 saturated heterocycles. The van der Waals surface area contributed by atoms with Gasteiger partial charge in [-0.15, -0.1) is 0 Å². The molecule has 1 aliphatic heterocycles. The quantitative estimate of drug-likeness (QED) is 0.270. The van der Waals surface area contributed by atoms with E-state index in [1.807, 2.05) is 42.5 Å². The van der Waals surface area contributed by atoms with Crippen LogP contribution in [0.15, 0.2) is 66.7 Å². The molecule has 6 heteroatoms. The molecule has 192 valence electrons. The van der Waals surface area contributed by atoms with Crippen LogP contribution in [0.5, 0.6) is 11.5 Å². The van der Waals surface area contributed by atoms with Crippen molar-refractivity contribution in [3.8, 4) is 11.5 Å². The van der Waals surface area contributed by atoms with Crippen LogP contribution >= 0.6 is 11.6 Å². The summed E-state index contributed by atoms with van der Waals surface area (Å²) in [6.45, 7) is 8.08. The molecule has 5 nitrogen and oxygen atoms in total. The lowest BCUT2D eigenvalue weighted by molar-refractivity contribution is -0.167. The third-order valence-corrected chi connectivity index (χ3v) is 6.65. The minimum Gasteiger partial charge on any atom is -0.497 e. The lowest BCUT2D eigenvalue weighted by Crippen LogP contribution is -2.51. The number of ether oxygens (including phenoxy) is 4. The van der Waals surface area contributed by atoms with Gasteiger partial charge in [-0.3, -0.25) is 0 Å². The van der Waals surface area contributed by atoms with E-state index in [9.17, 15) is 0 Å². The van der Waals surface area contributed by atoms with Gasteiger partial charge in [0.2, 0.25) is 0 Å². The number of hydrogen-bond acceptors (Lipinski definition) is 5. The molecule has 2 atom stereocenters. The molecule has 0 spiro atoms. The summed E-state index contributed by atoms with van der Waals surface area (Å²) in [5.41, 5.74) is 3.63. The molecule has 0 radical (unpaired) electrons. The smallest absolute Gasteiger partial charge is 0.132 e. The van der Waals surface area contributed by atoms with E-state index >= 15 is 0 Å². The molecule has 0 aliphatic carbocycles. The Morgan fingerprint density at radius 2 is 1.78 bits per heavy atom. The van der Waals surface area contributed by atoms with Gasteiger partial charge in [-0.1, -0.05) is 49.2 Å². The summed E-state index contributed by atoms with van der Waals surface area (Å²) in [6.07, 6.45) is 1.51. The van der Waals surface area contributed by atoms with Gasteiger partial charge in [-0.2, -0.15) is 0 Å². The van der Waals surface area contributed by atoms with Crippen LogP contribution < -0.4 is 14.8 Å². The summed E-state index contributed by atoms with van der Waals surface area (Å²) in [5.74, 6) is 1.68. The molecular weight excluding hydrogens is 474 g/mol. The highest BCUT2D eigenvalue weighted by atomic mass is 35.5. The fraction of sp³-hybridized carbons (Fsp3) is 0.400. The van der Waals surface area contributed by atoms with Crippen LogP contribution in [0.4, 0.5) is 5.69 Å². The number of methoxy groups -OCH3 is 1. The predicted molar refractivity (Wildman–Crippen MR) is 145 cm³/mol. The molecule has 0 saturated carbocycles. The maximum Gasteiger partial charge on any atom is 0.132 e. The summed E-state index contributed by atoms with van der Waals surface area (Å²) >= 11 is 6.19. The van der Waals surface area contributed by atoms with E-state index in [2.05, 4.69) is 50.4 Å². The zero-order valence-electron chi connectivity index (χ0n) is 21.6. The number of hydrogen-bond donors (Lipinski definition) is 1. The molecule has 1 N–H and O–H groups in total. The summed E-state index contributed by atoms with van der Waals surface area (Å²) in [7, 11) is 1.68. The zero-order chi connectivity index (χ0) is 25.5. The van der Waals surface area contributed by atoms with Crippen LogP contribution in [0.2, 0.25) is 5.02 Å². The monoisotopic (exact) mass is 509 g/mol. The average Bonchev–Trinajstić information content (AvgIpc) is 2.87. The largest absolute Gasteiger partial charge is 0.497 e. The molecule has 0 aromatic heterocycles. The molecule has 3 aromatic carbocycles. The van der Waals surface area contributed by atoms with Crippen molar-refractivity contribution < 1.29 is 18.9 Å². The van der Waals surface area contributed by atoms with Gasteiger partial charge in [0.15, 0.2) is 0 Å². The van der Waals surface area contributed by atoms with E-state index in [1.165, 1.54) is 5.56 Å². The molecule has 0 fully saturated rings. The Morgan fingerprint density at radius 3 is 2.50 bits per heavy atom. The van der Waals surface area contributed by atoms with Gasteiger partial charge in [0.1, 0.15) is 29.3 Å². The molecule has 1 heterocycles. The predicted octanol–water partition coefficient (Wildman–Crippen LogP) is 7.57. The van der Waals surface area contributed by atoms with Crippen LogP contribution in [0.1, 0.15) is 56.4 Å². The fourth-order valence-corrected chi connectivity index (χ4v) is 4.64. The van der Waals surface area contributed by atoms with Crippen molar-refractivity contribution in [1.29, 1.82) is 0 Å². The first-order valence-electron chi connectivity index (χ1n) is 12.6. The van der Waals surface area contributed by atoms with Gasteiger partial charge in [-0.25, -0.2) is 0 Å². The number of anilines is 1. The summed E-state index contributed by atoms with van der Waals surface area (Å²) in [6, 6.07) is 22.0. The summed E-state index contributed by atoms with van der Waals surface area (Å²) in [5, 5.41) is 4.23. The molecular formula is C30H36ClNO4. The number of rotatable bonds is 11. The van der Waals surface area contributed by atoms with E-state index < -0.39 is 5.60 Å². The second-order valence-electron chi connectivity index (χ2n) is 9.67. The maximum atomic E-state index is 6.49. The highest BCUT2D eigenvalue weighted by Crippen LogP contribution is 2.44. The molecule has 0 amide bonds. The second kappa shape index (κ2) is 12.0. The number of fused-ring (bicyclic) bond motifs is 1. The van der Waals surface area contributed by atoms with E-state index in [1.54, 1.807) is 7.11 Å². The van der Waals surface area contributed by atoms with Gasteiger partial charge in [0.25, 0.3) is 0 Å². The zero-order valence-corrected chi connectivity index (χ0v) is 22.3. The molecule has 3 aromatic rings. The summed E-state index contributed by atoms with van der Waals surface area (Å²) in [4.78, 5) is 0. The minimum atomic E-state index is -0.569. The van der Waals surface area contributed by atoms with E-state index in [0.717, 1.165) is 41.2 Å². The van der Waals surface area contributed by atoms with Crippen molar-refractivity contribution in [2.75, 3.05) is 19.0 Å². The first-order valence-corrected chi connectivity index (χ1v) is 12.9. The molecule has 0 bridgehead atoms. The Balaban J connectivity index is 1.55. The Kier molecular flexibility index (Phi) is 8.78. The van der Waals surface area contributed by atoms with Crippen molar-refractivity contribution in [1.82, 2.24) is 0 Å². The first kappa shape index (κ1) is 26.3. The van der Waals surface area contributed by atoms with Crippen LogP contribution in [-0.4, -0.2) is 25.4 Å². The van der Waals surface area contributed by atoms with Crippen molar-refractivity contribution in [3.63, 3.8) is 0 Å². The molecule has 4 rings (SSSR count). The minimum absolute atomic E-state index is 0.253. The Hall–Kier alpha value is -2.73. The van der Waals surface area contributed by atoms with E-state index in [-0.39, 0.29) is 12.2 Å². The SMILES string of the molecule is CCCCOC1c2cc(NCc3ccc(OC)cc3)ccc2OC(C)(C)C1OCc1cccc(Cl)c1. The fourth-order valence-electron chi connectivity index (χ4n) is 4.42. The molecule has 36 heavy (non-hydrogen) atoms. The van der Waals surface area contributed by atoms with Crippen LogP contribution in [0, 0.1) is 0 Å². The normalized spacial score (nSPS) is 18.2. The van der Waals surface area contributed by atoms with Gasteiger partial charge >= 0.3 is 0 Å². The lowest BCUT2D eigenvalue weighted by atomic mass is 9.87. The Labute approximate surface area is 219 Å². The highest BCUT2D eigenvalue weighted by Gasteiger charge is 2.45. The van der Waals surface area contributed by atoms with Crippen molar-refractivity contribution in [2.24, 2.45) is 0 Å². The van der Waals surface area contributed by atoms with Crippen molar-refractivity contribution in [3.05, 3.63) is 88.4 Å². The maximum absolute atomic E-state index is 6.49. The first-order chi connectivity index (χ1) is 17.4. The summed E-state index contributed by atoms with van der Waals surface area (Å²) < 4.78 is 24.7. The van der Waals surface area contributed by atoms with Crippen LogP contribution in [0.3, 0.4) is 0 Å². The van der Waals surface area contributed by atoms with Gasteiger partial charge < -0.3 is 24.3 Å². The number of nitrogens with one attached hydrogen (secondary N) is 1. The Bertz CT molecular complexity index is 1130. The molecule has 2 unspecified atom stereocenters. The number of halogens is 1. The van der Waals surface area contributed by atoms with Crippen molar-refractivity contribution >= 4 is 17.3 Å². The van der Waals surface area contributed by atoms with E-state index in [0.29, 0.717) is 24.8 Å². The highest BCUT2D eigenvalue weighted by molar-refractivity contribution is 6.30. The van der Waals surface area contributed by atoms with Crippen molar-refractivity contribution in [2.45, 2.75) is 64.6 Å². The van der Waals surface area contributed by atoms with E-state index in [4.69, 9.17) is 30.5 Å². The average molecular weight is 510 g/mol. The van der Waals surface area contributed by atoms with Gasteiger partial charge in [0.05, 0.1) is 13.7 Å². The Morgan fingerprint density at radius 1 is 0.972 bits per heavy atom. The van der Waals surface area contributed by atoms with Gasteiger partial charge in [-0.05, 0) is 73.9 Å². The topological polar surface area (TPSA) is 49.0 Å². The van der Waals surface area contributed by atoms with Gasteiger partial charge in [0, 0.05) is 29.4 Å². The standard InChI is InChI=1S/C30H36ClNO4/c1-5-6-16-34-28-26-18-24(32-19-21-10-13-25(33-4)14-11-21)12-15-27(26)36-30(2,3)29(28)35-20-22-8-7-9-23(31)17-22/h7-15,17-18,28-29,32H,5-6,16,19-20H2,1-4H3.